The van der Waals surface area contributed by atoms with Crippen LogP contribution in [0, 0.1) is 6.92 Å². The molecule has 1 atom stereocenters. The number of hydrogen-bond acceptors (Lipinski definition) is 6. The van der Waals surface area contributed by atoms with Crippen LogP contribution in [0.15, 0.2) is 47.6 Å². The number of carbonyl (C=O) groups is 1. The van der Waals surface area contributed by atoms with Gasteiger partial charge in [-0.1, -0.05) is 42.1 Å². The van der Waals surface area contributed by atoms with Crippen molar-refractivity contribution in [1.82, 2.24) is 19.7 Å². The molecular weight excluding hydrogens is 424 g/mol. The molecule has 2 aliphatic heterocycles. The van der Waals surface area contributed by atoms with Crippen LogP contribution >= 0.6 is 11.8 Å². The smallest absolute Gasteiger partial charge is 0.233 e. The van der Waals surface area contributed by atoms with Gasteiger partial charge in [0.05, 0.1) is 11.8 Å². The van der Waals surface area contributed by atoms with Crippen LogP contribution in [-0.4, -0.2) is 51.1 Å². The minimum atomic E-state index is 0.0703. The highest BCUT2D eigenvalue weighted by Gasteiger charge is 2.31. The van der Waals surface area contributed by atoms with E-state index in [1.54, 1.807) is 0 Å². The lowest BCUT2D eigenvalue weighted by atomic mass is 10.0. The van der Waals surface area contributed by atoms with Crippen LogP contribution in [0.25, 0.3) is 11.4 Å². The summed E-state index contributed by atoms with van der Waals surface area (Å²) in [6.45, 7) is 3.96. The highest BCUT2D eigenvalue weighted by Crippen LogP contribution is 2.38. The van der Waals surface area contributed by atoms with E-state index >= 15 is 0 Å². The average Bonchev–Trinajstić information content (AvgIpc) is 3.45. The fourth-order valence-electron chi connectivity index (χ4n) is 4.39. The topological polar surface area (TPSA) is 69.5 Å². The number of amides is 1. The maximum absolute atomic E-state index is 13.1. The van der Waals surface area contributed by atoms with Gasteiger partial charge in [0, 0.05) is 19.2 Å². The Labute approximate surface area is 191 Å². The Morgan fingerprint density at radius 2 is 1.94 bits per heavy atom. The van der Waals surface area contributed by atoms with Crippen LogP contribution in [0.2, 0.25) is 0 Å². The number of fused-ring (bicyclic) bond motifs is 1. The number of hydrogen-bond donors (Lipinski definition) is 0. The highest BCUT2D eigenvalue weighted by atomic mass is 32.2. The van der Waals surface area contributed by atoms with Gasteiger partial charge in [0.1, 0.15) is 13.2 Å². The Morgan fingerprint density at radius 3 is 2.78 bits per heavy atom. The molecule has 0 spiro atoms. The molecule has 3 aromatic rings. The van der Waals surface area contributed by atoms with Crippen molar-refractivity contribution in [2.24, 2.45) is 7.05 Å². The normalized spacial score (nSPS) is 17.6. The molecule has 5 rings (SSSR count). The van der Waals surface area contributed by atoms with Gasteiger partial charge in [-0.2, -0.15) is 0 Å². The molecule has 0 N–H and O–H groups in total. The van der Waals surface area contributed by atoms with E-state index in [4.69, 9.17) is 9.47 Å². The Hall–Kier alpha value is -3.00. The van der Waals surface area contributed by atoms with E-state index < -0.39 is 0 Å². The number of benzene rings is 2. The first-order valence-electron chi connectivity index (χ1n) is 10.9. The summed E-state index contributed by atoms with van der Waals surface area (Å²) in [5.41, 5.74) is 3.31. The third kappa shape index (κ3) is 3.95. The van der Waals surface area contributed by atoms with Crippen LogP contribution in [0.3, 0.4) is 0 Å². The molecular formula is C24H26N4O3S. The third-order valence-corrected chi connectivity index (χ3v) is 7.07. The van der Waals surface area contributed by atoms with Crippen molar-refractivity contribution in [2.75, 3.05) is 25.5 Å². The molecule has 1 saturated heterocycles. The molecule has 0 bridgehead atoms. The summed E-state index contributed by atoms with van der Waals surface area (Å²) in [6, 6.07) is 14.2. The fraction of sp³-hybridized carbons (Fsp3) is 0.375. The molecule has 0 radical (unpaired) electrons. The summed E-state index contributed by atoms with van der Waals surface area (Å²) in [5.74, 6) is 2.81. The molecule has 2 aromatic carbocycles. The summed E-state index contributed by atoms with van der Waals surface area (Å²) in [5, 5.41) is 9.44. The van der Waals surface area contributed by atoms with Gasteiger partial charge in [-0.15, -0.1) is 10.2 Å². The molecule has 0 aliphatic carbocycles. The summed E-state index contributed by atoms with van der Waals surface area (Å²) < 4.78 is 13.3. The number of likely N-dealkylation sites (tertiary alicyclic amines) is 1. The summed E-state index contributed by atoms with van der Waals surface area (Å²) in [6.07, 6.45) is 1.95. The second-order valence-corrected chi connectivity index (χ2v) is 9.06. The van der Waals surface area contributed by atoms with Crippen LogP contribution in [0.1, 0.15) is 30.0 Å². The first kappa shape index (κ1) is 20.9. The number of rotatable bonds is 5. The minimum Gasteiger partial charge on any atom is -0.486 e. The van der Waals surface area contributed by atoms with Crippen molar-refractivity contribution in [3.05, 3.63) is 53.6 Å². The van der Waals surface area contributed by atoms with Crippen LogP contribution in [0.5, 0.6) is 11.5 Å². The van der Waals surface area contributed by atoms with Gasteiger partial charge in [0.15, 0.2) is 22.5 Å². The largest absolute Gasteiger partial charge is 0.486 e. The van der Waals surface area contributed by atoms with Gasteiger partial charge < -0.3 is 18.9 Å². The van der Waals surface area contributed by atoms with Crippen molar-refractivity contribution >= 4 is 17.7 Å². The lowest BCUT2D eigenvalue weighted by Crippen LogP contribution is -2.32. The Bertz CT molecular complexity index is 1150. The molecule has 7 nitrogen and oxygen atoms in total. The van der Waals surface area contributed by atoms with Gasteiger partial charge in [-0.05, 0) is 43.0 Å². The zero-order valence-electron chi connectivity index (χ0n) is 18.3. The number of ether oxygens (including phenoxy) is 2. The molecule has 0 saturated carbocycles. The number of thioether (sulfide) groups is 1. The molecule has 3 heterocycles. The maximum atomic E-state index is 13.1. The number of carbonyl (C=O) groups excluding carboxylic acids is 1. The Kier molecular flexibility index (Phi) is 5.78. The molecule has 1 fully saturated rings. The Morgan fingerprint density at radius 1 is 1.12 bits per heavy atom. The average molecular weight is 451 g/mol. The van der Waals surface area contributed by atoms with E-state index in [2.05, 4.69) is 23.2 Å². The van der Waals surface area contributed by atoms with E-state index in [1.807, 2.05) is 52.9 Å². The van der Waals surface area contributed by atoms with Gasteiger partial charge in [-0.25, -0.2) is 0 Å². The van der Waals surface area contributed by atoms with E-state index in [0.29, 0.717) is 19.0 Å². The van der Waals surface area contributed by atoms with Crippen LogP contribution in [0.4, 0.5) is 0 Å². The lowest BCUT2D eigenvalue weighted by molar-refractivity contribution is -0.129. The molecule has 166 valence electrons. The Balaban J connectivity index is 1.28. The van der Waals surface area contributed by atoms with Gasteiger partial charge in [-0.3, -0.25) is 4.79 Å². The van der Waals surface area contributed by atoms with Gasteiger partial charge in [0.2, 0.25) is 5.91 Å². The molecule has 32 heavy (non-hydrogen) atoms. The molecule has 0 unspecified atom stereocenters. The number of aryl methyl sites for hydroxylation is 1. The number of nitrogens with zero attached hydrogens (tertiary/aromatic N) is 4. The van der Waals surface area contributed by atoms with Gasteiger partial charge in [0.25, 0.3) is 0 Å². The maximum Gasteiger partial charge on any atom is 0.233 e. The van der Waals surface area contributed by atoms with Crippen LogP contribution in [-0.2, 0) is 11.8 Å². The van der Waals surface area contributed by atoms with Crippen molar-refractivity contribution in [1.29, 1.82) is 0 Å². The van der Waals surface area contributed by atoms with Crippen LogP contribution < -0.4 is 9.47 Å². The third-order valence-electron chi connectivity index (χ3n) is 6.07. The van der Waals surface area contributed by atoms with Crippen molar-refractivity contribution in [3.8, 4) is 22.9 Å². The second kappa shape index (κ2) is 8.86. The molecule has 1 amide bonds. The lowest BCUT2D eigenvalue weighted by Gasteiger charge is -2.26. The standard InChI is InChI=1S/C24H26N4O3S/c1-16-6-3-4-7-18(16)23-25-26-24(27(23)2)32-15-22(29)28-11-5-8-19(28)17-9-10-20-21(14-17)31-13-12-30-20/h3-4,6-7,9-10,14,19H,5,8,11-13,15H2,1-2H3/t19-/m1/s1. The van der Waals surface area contributed by atoms with Gasteiger partial charge >= 0.3 is 0 Å². The second-order valence-electron chi connectivity index (χ2n) is 8.12. The zero-order chi connectivity index (χ0) is 22.1. The SMILES string of the molecule is Cc1ccccc1-c1nnc(SCC(=O)N2CCC[C@@H]2c2ccc3c(c2)OCCO3)n1C. The predicted molar refractivity (Wildman–Crippen MR) is 123 cm³/mol. The quantitative estimate of drug-likeness (QED) is 0.547. The highest BCUT2D eigenvalue weighted by molar-refractivity contribution is 7.99. The van der Waals surface area contributed by atoms with Crippen molar-refractivity contribution in [2.45, 2.75) is 31.0 Å². The summed E-state index contributed by atoms with van der Waals surface area (Å²) in [7, 11) is 1.95. The van der Waals surface area contributed by atoms with Crippen molar-refractivity contribution in [3.63, 3.8) is 0 Å². The fourth-order valence-corrected chi connectivity index (χ4v) is 5.18. The van der Waals surface area contributed by atoms with E-state index in [0.717, 1.165) is 58.6 Å². The predicted octanol–water partition coefficient (Wildman–Crippen LogP) is 4.02. The first-order valence-corrected chi connectivity index (χ1v) is 11.9. The van der Waals surface area contributed by atoms with Crippen molar-refractivity contribution < 1.29 is 14.3 Å². The van der Waals surface area contributed by atoms with E-state index in [1.165, 1.54) is 11.8 Å². The molecule has 8 heteroatoms. The van der Waals surface area contributed by atoms with E-state index in [-0.39, 0.29) is 11.9 Å². The summed E-state index contributed by atoms with van der Waals surface area (Å²) in [4.78, 5) is 15.1. The molecule has 2 aliphatic rings. The summed E-state index contributed by atoms with van der Waals surface area (Å²) >= 11 is 1.44. The monoisotopic (exact) mass is 450 g/mol. The molecule has 1 aromatic heterocycles. The number of aromatic nitrogens is 3. The first-order chi connectivity index (χ1) is 15.6. The minimum absolute atomic E-state index is 0.0703. The zero-order valence-corrected chi connectivity index (χ0v) is 19.1. The van der Waals surface area contributed by atoms with E-state index in [9.17, 15) is 4.79 Å².